The zero-order valence-electron chi connectivity index (χ0n) is 13.0. The summed E-state index contributed by atoms with van der Waals surface area (Å²) in [6, 6.07) is 8.87. The highest BCUT2D eigenvalue weighted by Crippen LogP contribution is 2.28. The van der Waals surface area contributed by atoms with Crippen molar-refractivity contribution in [2.45, 2.75) is 62.7 Å². The van der Waals surface area contributed by atoms with Crippen LogP contribution in [0.2, 0.25) is 0 Å². The fraction of sp³-hybridized carbons (Fsp3) is 0.647. The summed E-state index contributed by atoms with van der Waals surface area (Å²) >= 11 is 3.72. The van der Waals surface area contributed by atoms with Crippen molar-refractivity contribution in [2.24, 2.45) is 5.73 Å². The van der Waals surface area contributed by atoms with Gasteiger partial charge in [0.25, 0.3) is 0 Å². The standard InChI is InChI=1S/C17H27BrN2O/c1-3-20(16-9-5-8-15(18)17(16)19)11-13-6-4-7-14(10-13)12(2)21/h4,6-7,10,12,15-17,21H,3,5,8-9,11,19H2,1-2H3. The third-order valence-corrected chi connectivity index (χ3v) is 5.60. The van der Waals surface area contributed by atoms with E-state index in [-0.39, 0.29) is 6.04 Å². The van der Waals surface area contributed by atoms with E-state index in [2.05, 4.69) is 39.9 Å². The zero-order valence-corrected chi connectivity index (χ0v) is 14.6. The van der Waals surface area contributed by atoms with Gasteiger partial charge in [0.2, 0.25) is 0 Å². The largest absolute Gasteiger partial charge is 0.389 e. The molecule has 0 aromatic heterocycles. The summed E-state index contributed by atoms with van der Waals surface area (Å²) in [4.78, 5) is 2.90. The van der Waals surface area contributed by atoms with Crippen LogP contribution in [0.4, 0.5) is 0 Å². The maximum Gasteiger partial charge on any atom is 0.0762 e. The van der Waals surface area contributed by atoms with Crippen LogP contribution in [0.5, 0.6) is 0 Å². The molecule has 1 saturated carbocycles. The highest BCUT2D eigenvalue weighted by molar-refractivity contribution is 9.09. The molecule has 0 saturated heterocycles. The second-order valence-electron chi connectivity index (χ2n) is 6.08. The molecule has 1 aliphatic rings. The first-order valence-electron chi connectivity index (χ1n) is 7.93. The molecule has 0 amide bonds. The van der Waals surface area contributed by atoms with Gasteiger partial charge in [-0.05, 0) is 37.4 Å². The van der Waals surface area contributed by atoms with Crippen molar-refractivity contribution in [1.82, 2.24) is 4.90 Å². The Kier molecular flexibility index (Phi) is 6.23. The molecule has 4 atom stereocenters. The number of nitrogens with two attached hydrogens (primary N) is 1. The molecule has 2 rings (SSSR count). The van der Waals surface area contributed by atoms with Crippen molar-refractivity contribution in [2.75, 3.05) is 6.54 Å². The molecule has 4 heteroatoms. The van der Waals surface area contributed by atoms with Gasteiger partial charge < -0.3 is 10.8 Å². The van der Waals surface area contributed by atoms with Crippen LogP contribution in [0, 0.1) is 0 Å². The van der Waals surface area contributed by atoms with Crippen LogP contribution in [0.25, 0.3) is 0 Å². The summed E-state index contributed by atoms with van der Waals surface area (Å²) in [5, 5.41) is 9.73. The first kappa shape index (κ1) is 16.9. The van der Waals surface area contributed by atoms with Crippen LogP contribution >= 0.6 is 15.9 Å². The molecule has 21 heavy (non-hydrogen) atoms. The Balaban J connectivity index is 2.09. The molecule has 4 unspecified atom stereocenters. The van der Waals surface area contributed by atoms with Crippen LogP contribution < -0.4 is 5.73 Å². The highest BCUT2D eigenvalue weighted by Gasteiger charge is 2.32. The van der Waals surface area contributed by atoms with E-state index in [0.29, 0.717) is 10.9 Å². The van der Waals surface area contributed by atoms with Crippen LogP contribution in [-0.4, -0.2) is 33.5 Å². The van der Waals surface area contributed by atoms with Crippen molar-refractivity contribution in [3.8, 4) is 0 Å². The SMILES string of the molecule is CCN(Cc1cccc(C(C)O)c1)C1CCCC(Br)C1N. The Hall–Kier alpha value is -0.420. The van der Waals surface area contributed by atoms with Crippen LogP contribution in [-0.2, 0) is 6.54 Å². The van der Waals surface area contributed by atoms with E-state index in [1.165, 1.54) is 24.8 Å². The topological polar surface area (TPSA) is 49.5 Å². The molecular formula is C17H27BrN2O. The van der Waals surface area contributed by atoms with Gasteiger partial charge in [-0.25, -0.2) is 0 Å². The van der Waals surface area contributed by atoms with Gasteiger partial charge in [0.15, 0.2) is 0 Å². The average Bonchev–Trinajstić information content (AvgIpc) is 2.48. The number of hydrogen-bond donors (Lipinski definition) is 2. The fourth-order valence-corrected chi connectivity index (χ4v) is 3.90. The molecule has 0 spiro atoms. The van der Waals surface area contributed by atoms with E-state index in [0.717, 1.165) is 18.7 Å². The Morgan fingerprint density at radius 1 is 1.43 bits per heavy atom. The van der Waals surface area contributed by atoms with Crippen LogP contribution in [0.3, 0.4) is 0 Å². The Morgan fingerprint density at radius 3 is 2.86 bits per heavy atom. The summed E-state index contributed by atoms with van der Waals surface area (Å²) in [6.45, 7) is 5.90. The van der Waals surface area contributed by atoms with E-state index in [1.54, 1.807) is 0 Å². The molecular weight excluding hydrogens is 328 g/mol. The molecule has 0 bridgehead atoms. The molecule has 0 heterocycles. The number of hydrogen-bond acceptors (Lipinski definition) is 3. The van der Waals surface area contributed by atoms with E-state index < -0.39 is 6.10 Å². The van der Waals surface area contributed by atoms with Crippen molar-refractivity contribution < 1.29 is 5.11 Å². The molecule has 1 aromatic carbocycles. The number of rotatable bonds is 5. The predicted molar refractivity (Wildman–Crippen MR) is 91.5 cm³/mol. The second-order valence-corrected chi connectivity index (χ2v) is 7.25. The van der Waals surface area contributed by atoms with Crippen LogP contribution in [0.15, 0.2) is 24.3 Å². The van der Waals surface area contributed by atoms with Crippen molar-refractivity contribution in [1.29, 1.82) is 0 Å². The molecule has 1 aromatic rings. The minimum absolute atomic E-state index is 0.193. The summed E-state index contributed by atoms with van der Waals surface area (Å²) < 4.78 is 0. The van der Waals surface area contributed by atoms with E-state index in [1.807, 2.05) is 19.1 Å². The molecule has 0 radical (unpaired) electrons. The predicted octanol–water partition coefficient (Wildman–Crippen LogP) is 3.21. The Labute approximate surface area is 136 Å². The molecule has 3 N–H and O–H groups in total. The first-order valence-corrected chi connectivity index (χ1v) is 8.85. The minimum atomic E-state index is -0.413. The molecule has 1 fully saturated rings. The number of likely N-dealkylation sites (N-methyl/N-ethyl adjacent to an activating group) is 1. The van der Waals surface area contributed by atoms with E-state index in [9.17, 15) is 5.11 Å². The summed E-state index contributed by atoms with van der Waals surface area (Å²) in [5.41, 5.74) is 8.63. The van der Waals surface area contributed by atoms with Gasteiger partial charge in [0.1, 0.15) is 0 Å². The lowest BCUT2D eigenvalue weighted by Crippen LogP contribution is -2.53. The maximum atomic E-state index is 9.73. The molecule has 3 nitrogen and oxygen atoms in total. The molecule has 1 aliphatic carbocycles. The number of benzene rings is 1. The fourth-order valence-electron chi connectivity index (χ4n) is 3.22. The van der Waals surface area contributed by atoms with Gasteiger partial charge in [-0.1, -0.05) is 53.5 Å². The number of aliphatic hydroxyl groups is 1. The van der Waals surface area contributed by atoms with Crippen molar-refractivity contribution in [3.63, 3.8) is 0 Å². The lowest BCUT2D eigenvalue weighted by Gasteiger charge is -2.40. The second kappa shape index (κ2) is 7.73. The Bertz CT molecular complexity index is 452. The summed E-state index contributed by atoms with van der Waals surface area (Å²) in [5.74, 6) is 0. The Morgan fingerprint density at radius 2 is 2.19 bits per heavy atom. The van der Waals surface area contributed by atoms with Crippen molar-refractivity contribution >= 4 is 15.9 Å². The van der Waals surface area contributed by atoms with E-state index >= 15 is 0 Å². The smallest absolute Gasteiger partial charge is 0.0762 e. The third-order valence-electron chi connectivity index (χ3n) is 4.54. The van der Waals surface area contributed by atoms with E-state index in [4.69, 9.17) is 5.73 Å². The third kappa shape index (κ3) is 4.28. The maximum absolute atomic E-state index is 9.73. The number of alkyl halides is 1. The van der Waals surface area contributed by atoms with Gasteiger partial charge in [-0.15, -0.1) is 0 Å². The van der Waals surface area contributed by atoms with Gasteiger partial charge in [0, 0.05) is 23.5 Å². The number of nitrogens with zero attached hydrogens (tertiary/aromatic N) is 1. The first-order chi connectivity index (χ1) is 10.0. The molecule has 0 aliphatic heterocycles. The zero-order chi connectivity index (χ0) is 15.4. The average molecular weight is 355 g/mol. The van der Waals surface area contributed by atoms with Crippen molar-refractivity contribution in [3.05, 3.63) is 35.4 Å². The van der Waals surface area contributed by atoms with Gasteiger partial charge in [-0.2, -0.15) is 0 Å². The lowest BCUT2D eigenvalue weighted by molar-refractivity contribution is 0.140. The number of halogens is 1. The highest BCUT2D eigenvalue weighted by atomic mass is 79.9. The normalized spacial score (nSPS) is 27.8. The van der Waals surface area contributed by atoms with Gasteiger partial charge in [0.05, 0.1) is 6.10 Å². The molecule has 118 valence electrons. The quantitative estimate of drug-likeness (QED) is 0.798. The monoisotopic (exact) mass is 354 g/mol. The minimum Gasteiger partial charge on any atom is -0.389 e. The van der Waals surface area contributed by atoms with Gasteiger partial charge >= 0.3 is 0 Å². The van der Waals surface area contributed by atoms with Gasteiger partial charge in [-0.3, -0.25) is 4.90 Å². The van der Waals surface area contributed by atoms with Crippen LogP contribution in [0.1, 0.15) is 50.3 Å². The summed E-state index contributed by atoms with van der Waals surface area (Å²) in [7, 11) is 0. The summed E-state index contributed by atoms with van der Waals surface area (Å²) in [6.07, 6.45) is 3.17. The lowest BCUT2D eigenvalue weighted by atomic mass is 9.89. The number of aliphatic hydroxyl groups excluding tert-OH is 1.